The van der Waals surface area contributed by atoms with Crippen molar-refractivity contribution in [3.63, 3.8) is 0 Å². The van der Waals surface area contributed by atoms with Crippen molar-refractivity contribution in [3.05, 3.63) is 121 Å². The second kappa shape index (κ2) is 63.3. The van der Waals surface area contributed by atoms with Gasteiger partial charge in [0.05, 0.1) is 5.41 Å². The zero-order valence-corrected chi connectivity index (χ0v) is 71.3. The maximum absolute atomic E-state index is 14.7. The average molecular weight is 1550 g/mol. The summed E-state index contributed by atoms with van der Waals surface area (Å²) in [5, 5.41) is 58.9. The smallest absolute Gasteiger partial charge is 0.107 e. The lowest BCUT2D eigenvalue weighted by Gasteiger charge is -2.53. The van der Waals surface area contributed by atoms with Gasteiger partial charge >= 0.3 is 0 Å². The normalized spacial score (nSPS) is 15.0. The molecule has 0 aliphatic heterocycles. The Morgan fingerprint density at radius 1 is 0.227 bits per heavy atom. The third-order valence-corrected chi connectivity index (χ3v) is 48.4. The maximum atomic E-state index is 14.7. The number of unbranched alkanes of at least 4 members (excludes halogenated alkanes) is 40. The first-order chi connectivity index (χ1) is 47.8. The van der Waals surface area contributed by atoms with Gasteiger partial charge in [-0.15, -0.1) is 45.5 Å². The van der Waals surface area contributed by atoms with Crippen molar-refractivity contribution in [1.82, 2.24) is 0 Å². The van der Waals surface area contributed by atoms with Crippen LogP contribution in [0.2, 0.25) is 0 Å². The summed E-state index contributed by atoms with van der Waals surface area (Å²) in [5.74, 6) is -1.43. The molecule has 0 amide bonds. The van der Waals surface area contributed by atoms with Crippen molar-refractivity contribution in [2.24, 2.45) is 5.41 Å². The molecule has 0 spiro atoms. The van der Waals surface area contributed by atoms with Crippen molar-refractivity contribution in [3.8, 4) is 0 Å². The first kappa shape index (κ1) is 90.6. The minimum Gasteiger partial charge on any atom is -0.386 e. The predicted molar refractivity (Wildman–Crippen MR) is 459 cm³/mol. The summed E-state index contributed by atoms with van der Waals surface area (Å²) in [6.07, 6.45) is 50.1. The number of aliphatic hydroxyl groups excluding tert-OH is 4. The summed E-state index contributed by atoms with van der Waals surface area (Å²) >= 11 is 14.4. The van der Waals surface area contributed by atoms with E-state index in [0.29, 0.717) is 0 Å². The number of hydrogen-bond acceptors (Lipinski definition) is 12. The van der Waals surface area contributed by atoms with Gasteiger partial charge in [0.25, 0.3) is 0 Å². The summed E-state index contributed by atoms with van der Waals surface area (Å²) in [5.41, 5.74) is -1.73. The molecule has 4 nitrogen and oxygen atoms in total. The predicted octanol–water partition coefficient (Wildman–Crippen LogP) is 31.8. The molecule has 0 saturated heterocycles. The Kier molecular flexibility index (Phi) is 59.2. The van der Waals surface area contributed by atoms with E-state index in [2.05, 4.69) is 149 Å². The lowest BCUT2D eigenvalue weighted by Crippen LogP contribution is -2.57. The molecule has 0 aliphatic carbocycles. The molecule has 8 atom stereocenters. The molecule has 0 bridgehead atoms. The first-order valence-corrected chi connectivity index (χ1v) is 56.8. The second-order valence-corrected chi connectivity index (χ2v) is 53.8. The third kappa shape index (κ3) is 41.8. The molecule has 4 rings (SSSR count). The quantitative estimate of drug-likeness (QED) is 0.0251. The zero-order valence-electron chi connectivity index (χ0n) is 61.1. The van der Waals surface area contributed by atoms with E-state index in [1.165, 1.54) is 231 Å². The van der Waals surface area contributed by atoms with Crippen LogP contribution in [-0.2, 0) is 0 Å². The van der Waals surface area contributed by atoms with E-state index in [9.17, 15) is 20.4 Å². The molecule has 0 aliphatic rings. The van der Waals surface area contributed by atoms with Crippen LogP contribution in [0.15, 0.2) is 141 Å². The van der Waals surface area contributed by atoms with Crippen LogP contribution in [0.3, 0.4) is 0 Å². The van der Waals surface area contributed by atoms with Gasteiger partial charge in [-0.3, -0.25) is 0 Å². The Morgan fingerprint density at radius 2 is 0.371 bits per heavy atom. The highest BCUT2D eigenvalue weighted by Gasteiger charge is 2.64. The van der Waals surface area contributed by atoms with Crippen LogP contribution >= 0.6 is 116 Å². The fourth-order valence-electron chi connectivity index (χ4n) is 12.1. The number of aliphatic hydroxyl groups is 4. The Hall–Kier alpha value is 1.24. The van der Waals surface area contributed by atoms with Gasteiger partial charge in [-0.25, -0.2) is 0 Å². The van der Waals surface area contributed by atoms with Gasteiger partial charge < -0.3 is 20.4 Å². The van der Waals surface area contributed by atoms with Gasteiger partial charge in [0.2, 0.25) is 0 Å². The first-order valence-electron chi connectivity index (χ1n) is 39.1. The van der Waals surface area contributed by atoms with E-state index in [1.807, 2.05) is 45.5 Å². The highest BCUT2D eigenvalue weighted by molar-refractivity contribution is 8.90. The molecular weight excluding hydrogens is 1420 g/mol. The van der Waals surface area contributed by atoms with E-state index >= 15 is 0 Å². The molecule has 4 N–H and O–H groups in total. The average Bonchev–Trinajstić information content (AvgIpc) is 0.736. The number of rotatable bonds is 68. The summed E-state index contributed by atoms with van der Waals surface area (Å²) in [7, 11) is 0. The van der Waals surface area contributed by atoms with Crippen LogP contribution in [0.4, 0.5) is 0 Å². The third-order valence-electron chi connectivity index (χ3n) is 18.2. The van der Waals surface area contributed by atoms with Gasteiger partial charge in [0.15, 0.2) is 0 Å². The monoisotopic (exact) mass is 1550 g/mol. The topological polar surface area (TPSA) is 80.9 Å². The van der Waals surface area contributed by atoms with Crippen LogP contribution in [0.25, 0.3) is 0 Å². The fraction of sp³-hybridized carbons (Fsp3) is 0.704. The molecular formula is C81H136O4P4S8. The summed E-state index contributed by atoms with van der Waals surface area (Å²) in [4.78, 5) is 4.32. The van der Waals surface area contributed by atoms with Crippen molar-refractivity contribution < 1.29 is 20.4 Å². The van der Waals surface area contributed by atoms with Crippen molar-refractivity contribution in [2.75, 3.05) is 23.0 Å². The Balaban J connectivity index is 1.87. The molecule has 8 unspecified atom stereocenters. The SMILES string of the molecule is CCCCCCCCCCCCCSP(Sc1ccccc1)C(O)C(C(O)P(SCCCCCCCCCCCCC)Sc1ccccc1)(C(O)P(SCCCCCCCCCCCCC)Sc1ccccc1)C(O)P(SCCCCCCCCCCCCC)Sc1ccccc1. The highest BCUT2D eigenvalue weighted by Crippen LogP contribution is 2.84. The van der Waals surface area contributed by atoms with E-state index in [1.54, 1.807) is 45.5 Å². The Bertz CT molecular complexity index is 2010. The molecule has 4 aromatic rings. The second-order valence-electron chi connectivity index (χ2n) is 26.7. The molecule has 552 valence electrons. The molecule has 4 aromatic carbocycles. The molecule has 0 fully saturated rings. The van der Waals surface area contributed by atoms with Crippen molar-refractivity contribution in [2.45, 2.75) is 353 Å². The Labute approximate surface area is 634 Å². The highest BCUT2D eigenvalue weighted by atomic mass is 33.1. The standard InChI is InChI=1S/C81H136O4P4S8/c1-5-9-13-17-21-25-29-33-37-41-57-69-90-86(94-73-61-49-45-50-62-73)77(82)81(78(83)87(95-74-63-51-46-52-64-74)91-70-58-42-38-34-30-26-22-18-14-10-6-2,79(84)88(96-75-65-53-47-54-66-75)92-71-59-43-39-35-31-27-23-19-15-11-7-3)80(85)89(97-76-67-55-48-56-68-76)93-72-60-44-40-36-32-28-24-20-16-12-8-4/h45-56,61-68,77-80,82-85H,5-44,57-60,69-72H2,1-4H3. The van der Waals surface area contributed by atoms with Gasteiger partial charge in [-0.2, -0.15) is 0 Å². The molecule has 0 heterocycles. The van der Waals surface area contributed by atoms with Crippen molar-refractivity contribution >= 4 is 116 Å². The van der Waals surface area contributed by atoms with E-state index in [-0.39, 0.29) is 0 Å². The van der Waals surface area contributed by atoms with E-state index in [0.717, 1.165) is 94.0 Å². The largest absolute Gasteiger partial charge is 0.386 e. The minimum atomic E-state index is -1.73. The van der Waals surface area contributed by atoms with E-state index < -0.39 is 54.1 Å². The Morgan fingerprint density at radius 3 is 0.526 bits per heavy atom. The van der Waals surface area contributed by atoms with E-state index in [4.69, 9.17) is 0 Å². The minimum absolute atomic E-state index is 0.876. The lowest BCUT2D eigenvalue weighted by molar-refractivity contribution is -0.0910. The van der Waals surface area contributed by atoms with Crippen molar-refractivity contribution in [1.29, 1.82) is 0 Å². The molecule has 0 saturated carbocycles. The molecule has 97 heavy (non-hydrogen) atoms. The van der Waals surface area contributed by atoms with Crippen LogP contribution in [0.1, 0.15) is 310 Å². The summed E-state index contributed by atoms with van der Waals surface area (Å²) in [6.45, 7) is 9.18. The lowest BCUT2D eigenvalue weighted by atomic mass is 9.90. The van der Waals surface area contributed by atoms with Gasteiger partial charge in [-0.1, -0.05) is 403 Å². The van der Waals surface area contributed by atoms with Crippen LogP contribution in [0.5, 0.6) is 0 Å². The molecule has 0 radical (unpaired) electrons. The summed E-state index contributed by atoms with van der Waals surface area (Å²) < 4.78 is 0. The van der Waals surface area contributed by atoms with Gasteiger partial charge in [0, 0.05) is 44.9 Å². The molecule has 0 aromatic heterocycles. The maximum Gasteiger partial charge on any atom is 0.107 e. The molecule has 16 heteroatoms. The van der Waals surface area contributed by atoms with Crippen LogP contribution < -0.4 is 0 Å². The van der Waals surface area contributed by atoms with Gasteiger partial charge in [0.1, 0.15) is 23.4 Å². The van der Waals surface area contributed by atoms with Crippen LogP contribution in [0, 0.1) is 5.41 Å². The zero-order chi connectivity index (χ0) is 69.2. The number of benzene rings is 4. The van der Waals surface area contributed by atoms with Crippen LogP contribution in [-0.4, -0.2) is 66.8 Å². The summed E-state index contributed by atoms with van der Waals surface area (Å²) in [6, 6.07) is 42.5. The number of hydrogen-bond donors (Lipinski definition) is 4. The fourth-order valence-corrected chi connectivity index (χ4v) is 44.4. The van der Waals surface area contributed by atoms with Gasteiger partial charge in [-0.05, 0) is 97.2 Å².